The third kappa shape index (κ3) is 3.63. The number of rotatable bonds is 4. The Labute approximate surface area is 120 Å². The fraction of sp³-hybridized carbons (Fsp3) is 0.600. The molecule has 100 valence electrons. The first-order valence-electron chi connectivity index (χ1n) is 6.84. The van der Waals surface area contributed by atoms with E-state index in [2.05, 4.69) is 12.2 Å². The van der Waals surface area contributed by atoms with Gasteiger partial charge in [-0.25, -0.2) is 0 Å². The Morgan fingerprint density at radius 2 is 1.94 bits per heavy atom. The molecule has 1 aromatic carbocycles. The lowest BCUT2D eigenvalue weighted by molar-refractivity contribution is 0.280. The van der Waals surface area contributed by atoms with Crippen LogP contribution in [0.4, 0.5) is 0 Å². The quantitative estimate of drug-likeness (QED) is 0.816. The number of nitrogens with one attached hydrogen (secondary N) is 1. The minimum Gasteiger partial charge on any atom is -0.310 e. The maximum absolute atomic E-state index is 6.19. The van der Waals surface area contributed by atoms with Crippen molar-refractivity contribution in [1.29, 1.82) is 0 Å². The van der Waals surface area contributed by atoms with E-state index in [0.717, 1.165) is 18.0 Å². The minimum atomic E-state index is 0.556. The van der Waals surface area contributed by atoms with E-state index in [1.54, 1.807) is 0 Å². The smallest absolute Gasteiger partial charge is 0.0637 e. The van der Waals surface area contributed by atoms with Crippen LogP contribution in [0.5, 0.6) is 0 Å². The molecule has 0 heterocycles. The molecule has 0 unspecified atom stereocenters. The molecule has 0 spiro atoms. The lowest BCUT2D eigenvalue weighted by atomic mass is 9.84. The lowest BCUT2D eigenvalue weighted by Crippen LogP contribution is -2.34. The Bertz CT molecular complexity index is 386. The van der Waals surface area contributed by atoms with E-state index >= 15 is 0 Å². The van der Waals surface area contributed by atoms with Crippen molar-refractivity contribution in [3.05, 3.63) is 33.8 Å². The number of benzene rings is 1. The monoisotopic (exact) mass is 285 g/mol. The Balaban J connectivity index is 1.88. The summed E-state index contributed by atoms with van der Waals surface area (Å²) in [5, 5.41) is 4.92. The molecule has 0 radical (unpaired) electrons. The summed E-state index contributed by atoms with van der Waals surface area (Å²) in [7, 11) is 0. The largest absolute Gasteiger partial charge is 0.310 e. The molecule has 0 saturated heterocycles. The maximum atomic E-state index is 6.19. The van der Waals surface area contributed by atoms with Crippen molar-refractivity contribution < 1.29 is 0 Å². The van der Waals surface area contributed by atoms with Gasteiger partial charge in [0, 0.05) is 12.6 Å². The second-order valence-corrected chi connectivity index (χ2v) is 6.07. The van der Waals surface area contributed by atoms with Crippen molar-refractivity contribution in [2.45, 2.75) is 51.6 Å². The summed E-state index contributed by atoms with van der Waals surface area (Å²) in [4.78, 5) is 0. The Morgan fingerprint density at radius 1 is 1.22 bits per heavy atom. The zero-order valence-electron chi connectivity index (χ0n) is 10.9. The predicted octanol–water partition coefficient (Wildman–Crippen LogP) is 5.05. The minimum absolute atomic E-state index is 0.556. The van der Waals surface area contributed by atoms with Crippen molar-refractivity contribution in [2.75, 3.05) is 0 Å². The van der Waals surface area contributed by atoms with E-state index in [1.807, 2.05) is 18.2 Å². The van der Waals surface area contributed by atoms with Crippen LogP contribution in [0.15, 0.2) is 18.2 Å². The van der Waals surface area contributed by atoms with Crippen LogP contribution in [0.1, 0.15) is 44.6 Å². The first kappa shape index (κ1) is 14.2. The van der Waals surface area contributed by atoms with Gasteiger partial charge in [0.15, 0.2) is 0 Å². The summed E-state index contributed by atoms with van der Waals surface area (Å²) in [5.41, 5.74) is 1.09. The van der Waals surface area contributed by atoms with Crippen LogP contribution in [0.2, 0.25) is 10.0 Å². The highest BCUT2D eigenvalue weighted by molar-refractivity contribution is 6.42. The maximum Gasteiger partial charge on any atom is 0.0637 e. The topological polar surface area (TPSA) is 12.0 Å². The molecule has 1 fully saturated rings. The fourth-order valence-corrected chi connectivity index (χ4v) is 3.14. The van der Waals surface area contributed by atoms with Gasteiger partial charge in [0.25, 0.3) is 0 Å². The second kappa shape index (κ2) is 6.79. The number of halogens is 2. The van der Waals surface area contributed by atoms with Gasteiger partial charge in [-0.3, -0.25) is 0 Å². The summed E-state index contributed by atoms with van der Waals surface area (Å²) < 4.78 is 0. The Hall–Kier alpha value is -0.240. The van der Waals surface area contributed by atoms with Crippen molar-refractivity contribution in [1.82, 2.24) is 5.32 Å². The summed E-state index contributed by atoms with van der Waals surface area (Å²) in [5.74, 6) is 0.816. The number of hydrogen-bond acceptors (Lipinski definition) is 1. The molecule has 1 saturated carbocycles. The van der Waals surface area contributed by atoms with E-state index in [1.165, 1.54) is 32.1 Å². The Morgan fingerprint density at radius 3 is 2.67 bits per heavy atom. The summed E-state index contributed by atoms with van der Waals surface area (Å²) >= 11 is 12.2. The summed E-state index contributed by atoms with van der Waals surface area (Å²) in [6.45, 7) is 3.09. The van der Waals surface area contributed by atoms with Gasteiger partial charge in [-0.05, 0) is 37.3 Å². The highest BCUT2D eigenvalue weighted by Gasteiger charge is 2.19. The standard InChI is InChI=1S/C15H21Cl2N/c1-11(12-6-3-2-4-7-12)18-10-13-8-5-9-14(16)15(13)17/h5,8-9,11-12,18H,2-4,6-7,10H2,1H3/t11-/m0/s1. The third-order valence-corrected chi connectivity index (χ3v) is 4.86. The molecule has 18 heavy (non-hydrogen) atoms. The normalized spacial score (nSPS) is 18.8. The van der Waals surface area contributed by atoms with Crippen molar-refractivity contribution in [3.63, 3.8) is 0 Å². The molecule has 0 amide bonds. The first-order valence-corrected chi connectivity index (χ1v) is 7.60. The lowest BCUT2D eigenvalue weighted by Gasteiger charge is -2.28. The van der Waals surface area contributed by atoms with Crippen molar-refractivity contribution >= 4 is 23.2 Å². The summed E-state index contributed by atoms with van der Waals surface area (Å²) in [6, 6.07) is 6.38. The van der Waals surface area contributed by atoms with Gasteiger partial charge in [-0.15, -0.1) is 0 Å². The van der Waals surface area contributed by atoms with Gasteiger partial charge in [0.1, 0.15) is 0 Å². The van der Waals surface area contributed by atoms with Gasteiger partial charge in [0.05, 0.1) is 10.0 Å². The zero-order chi connectivity index (χ0) is 13.0. The van der Waals surface area contributed by atoms with Gasteiger partial charge < -0.3 is 5.32 Å². The molecule has 1 N–H and O–H groups in total. The van der Waals surface area contributed by atoms with Crippen molar-refractivity contribution in [2.24, 2.45) is 5.92 Å². The first-order chi connectivity index (χ1) is 8.68. The van der Waals surface area contributed by atoms with Crippen LogP contribution in [-0.2, 0) is 6.54 Å². The SMILES string of the molecule is C[C@H](NCc1cccc(Cl)c1Cl)C1CCCCC1. The molecule has 0 aromatic heterocycles. The van der Waals surface area contributed by atoms with E-state index in [9.17, 15) is 0 Å². The van der Waals surface area contributed by atoms with Crippen LogP contribution >= 0.6 is 23.2 Å². The third-order valence-electron chi connectivity index (χ3n) is 4.00. The van der Waals surface area contributed by atoms with E-state index in [-0.39, 0.29) is 0 Å². The van der Waals surface area contributed by atoms with Gasteiger partial charge >= 0.3 is 0 Å². The molecule has 1 atom stereocenters. The summed E-state index contributed by atoms with van der Waals surface area (Å²) in [6.07, 6.45) is 6.89. The van der Waals surface area contributed by atoms with E-state index in [4.69, 9.17) is 23.2 Å². The highest BCUT2D eigenvalue weighted by atomic mass is 35.5. The molecule has 1 aliphatic carbocycles. The van der Waals surface area contributed by atoms with Crippen LogP contribution in [0.25, 0.3) is 0 Å². The Kier molecular flexibility index (Phi) is 5.35. The van der Waals surface area contributed by atoms with Gasteiger partial charge in [-0.2, -0.15) is 0 Å². The second-order valence-electron chi connectivity index (χ2n) is 5.28. The molecule has 0 bridgehead atoms. The average Bonchev–Trinajstić information content (AvgIpc) is 2.41. The molecule has 0 aliphatic heterocycles. The molecular formula is C15H21Cl2N. The predicted molar refractivity (Wildman–Crippen MR) is 79.3 cm³/mol. The van der Waals surface area contributed by atoms with Crippen LogP contribution in [0, 0.1) is 5.92 Å². The van der Waals surface area contributed by atoms with Gasteiger partial charge in [-0.1, -0.05) is 54.6 Å². The molecule has 1 aromatic rings. The van der Waals surface area contributed by atoms with E-state index in [0.29, 0.717) is 16.1 Å². The molecule has 1 nitrogen and oxygen atoms in total. The average molecular weight is 286 g/mol. The van der Waals surface area contributed by atoms with Crippen LogP contribution < -0.4 is 5.32 Å². The number of hydrogen-bond donors (Lipinski definition) is 1. The van der Waals surface area contributed by atoms with Crippen LogP contribution in [-0.4, -0.2) is 6.04 Å². The van der Waals surface area contributed by atoms with Crippen molar-refractivity contribution in [3.8, 4) is 0 Å². The van der Waals surface area contributed by atoms with E-state index < -0.39 is 0 Å². The molecule has 3 heteroatoms. The molecule has 2 rings (SSSR count). The zero-order valence-corrected chi connectivity index (χ0v) is 12.4. The molecular weight excluding hydrogens is 265 g/mol. The highest BCUT2D eigenvalue weighted by Crippen LogP contribution is 2.28. The molecule has 1 aliphatic rings. The van der Waals surface area contributed by atoms with Gasteiger partial charge in [0.2, 0.25) is 0 Å². The van der Waals surface area contributed by atoms with Crippen LogP contribution in [0.3, 0.4) is 0 Å². The fourth-order valence-electron chi connectivity index (χ4n) is 2.76.